The van der Waals surface area contributed by atoms with Gasteiger partial charge in [0.1, 0.15) is 0 Å². The molecule has 1 aliphatic heterocycles. The van der Waals surface area contributed by atoms with E-state index in [-0.39, 0.29) is 11.2 Å². The zero-order chi connectivity index (χ0) is 14.4. The van der Waals surface area contributed by atoms with Crippen LogP contribution in [0.5, 0.6) is 0 Å². The summed E-state index contributed by atoms with van der Waals surface area (Å²) < 4.78 is 0. The topological polar surface area (TPSA) is 55.1 Å². The Hall–Kier alpha value is -1.44. The largest absolute Gasteiger partial charge is 0.324 e. The van der Waals surface area contributed by atoms with Gasteiger partial charge in [-0.15, -0.1) is 11.8 Å². The Balaban J connectivity index is 2.14. The van der Waals surface area contributed by atoms with E-state index in [1.807, 2.05) is 25.1 Å². The summed E-state index contributed by atoms with van der Waals surface area (Å²) in [6.07, 6.45) is 3.32. The highest BCUT2D eigenvalue weighted by molar-refractivity contribution is 8.00. The number of benzene rings is 1. The van der Waals surface area contributed by atoms with Crippen LogP contribution in [0, 0.1) is 18.8 Å². The highest BCUT2D eigenvalue weighted by atomic mass is 32.2. The van der Waals surface area contributed by atoms with E-state index in [2.05, 4.69) is 17.2 Å². The lowest BCUT2D eigenvalue weighted by Gasteiger charge is -2.21. The number of nitrogens with one attached hydrogen (secondary N) is 1. The average molecular weight is 288 g/mol. The van der Waals surface area contributed by atoms with Crippen LogP contribution in [0.3, 0.4) is 0 Å². The van der Waals surface area contributed by atoms with Gasteiger partial charge in [-0.3, -0.25) is 4.79 Å². The number of amides is 1. The summed E-state index contributed by atoms with van der Waals surface area (Å²) in [5.74, 6) is 7.02. The van der Waals surface area contributed by atoms with Crippen molar-refractivity contribution >= 4 is 23.4 Å². The number of aryl methyl sites for hydroxylation is 1. The molecule has 3 nitrogen and oxygen atoms in total. The second kappa shape index (κ2) is 7.37. The molecule has 1 aromatic carbocycles. The molecular weight excluding hydrogens is 268 g/mol. The van der Waals surface area contributed by atoms with Crippen LogP contribution < -0.4 is 11.1 Å². The maximum absolute atomic E-state index is 12.3. The van der Waals surface area contributed by atoms with Gasteiger partial charge in [-0.2, -0.15) is 0 Å². The molecule has 0 aromatic heterocycles. The molecule has 2 rings (SSSR count). The van der Waals surface area contributed by atoms with Gasteiger partial charge in [-0.05, 0) is 43.2 Å². The van der Waals surface area contributed by atoms with Crippen LogP contribution >= 0.6 is 11.8 Å². The minimum absolute atomic E-state index is 0.0691. The molecule has 1 atom stereocenters. The van der Waals surface area contributed by atoms with Gasteiger partial charge in [0, 0.05) is 5.56 Å². The van der Waals surface area contributed by atoms with E-state index in [1.165, 1.54) is 6.42 Å². The Morgan fingerprint density at radius 2 is 2.35 bits per heavy atom. The van der Waals surface area contributed by atoms with Crippen LogP contribution in [0.1, 0.15) is 30.4 Å². The van der Waals surface area contributed by atoms with Gasteiger partial charge in [0.15, 0.2) is 0 Å². The fourth-order valence-corrected chi connectivity index (χ4v) is 3.38. The van der Waals surface area contributed by atoms with E-state index >= 15 is 0 Å². The molecule has 1 aromatic rings. The second-order valence-electron chi connectivity index (χ2n) is 4.90. The Labute approximate surface area is 124 Å². The third-order valence-electron chi connectivity index (χ3n) is 3.23. The standard InChI is InChI=1S/C16H20N2OS/c1-12-7-8-13(5-4-9-17)14(11-12)18-16(19)15-6-2-3-10-20-15/h7-8,11,15H,2-3,6,9-10,17H2,1H3,(H,18,19). The Kier molecular flexibility index (Phi) is 5.51. The molecular formula is C16H20N2OS. The van der Waals surface area contributed by atoms with Gasteiger partial charge < -0.3 is 11.1 Å². The summed E-state index contributed by atoms with van der Waals surface area (Å²) in [6, 6.07) is 5.89. The van der Waals surface area contributed by atoms with E-state index < -0.39 is 0 Å². The van der Waals surface area contributed by atoms with Crippen molar-refractivity contribution in [2.75, 3.05) is 17.6 Å². The molecule has 1 fully saturated rings. The van der Waals surface area contributed by atoms with Crippen molar-refractivity contribution in [1.82, 2.24) is 0 Å². The first kappa shape index (κ1) is 15.0. The normalized spacial score (nSPS) is 18.0. The SMILES string of the molecule is Cc1ccc(C#CCN)c(NC(=O)C2CCCCS2)c1. The van der Waals surface area contributed by atoms with E-state index in [4.69, 9.17) is 5.73 Å². The average Bonchev–Trinajstić information content (AvgIpc) is 2.47. The molecule has 4 heteroatoms. The van der Waals surface area contributed by atoms with Crippen molar-refractivity contribution in [3.63, 3.8) is 0 Å². The number of carbonyl (C=O) groups excluding carboxylic acids is 1. The van der Waals surface area contributed by atoms with Crippen LogP contribution in [0.25, 0.3) is 0 Å². The number of anilines is 1. The minimum Gasteiger partial charge on any atom is -0.324 e. The summed E-state index contributed by atoms with van der Waals surface area (Å²) in [4.78, 5) is 12.3. The number of carbonyl (C=O) groups is 1. The Bertz CT molecular complexity index is 539. The van der Waals surface area contributed by atoms with Gasteiger partial charge in [-0.25, -0.2) is 0 Å². The number of hydrogen-bond acceptors (Lipinski definition) is 3. The highest BCUT2D eigenvalue weighted by Crippen LogP contribution is 2.27. The van der Waals surface area contributed by atoms with E-state index in [9.17, 15) is 4.79 Å². The van der Waals surface area contributed by atoms with Crippen LogP contribution in [0.2, 0.25) is 0 Å². The summed E-state index contributed by atoms with van der Waals surface area (Å²) in [6.45, 7) is 2.32. The van der Waals surface area contributed by atoms with Gasteiger partial charge in [0.2, 0.25) is 5.91 Å². The first-order valence-corrected chi connectivity index (χ1v) is 7.97. The molecule has 1 saturated heterocycles. The van der Waals surface area contributed by atoms with E-state index in [0.29, 0.717) is 6.54 Å². The summed E-state index contributed by atoms with van der Waals surface area (Å²) in [5, 5.41) is 3.10. The zero-order valence-electron chi connectivity index (χ0n) is 11.7. The van der Waals surface area contributed by atoms with Crippen molar-refractivity contribution in [3.05, 3.63) is 29.3 Å². The Morgan fingerprint density at radius 1 is 1.50 bits per heavy atom. The van der Waals surface area contributed by atoms with Crippen molar-refractivity contribution in [2.45, 2.75) is 31.4 Å². The first-order chi connectivity index (χ1) is 9.70. The van der Waals surface area contributed by atoms with Gasteiger partial charge in [0.25, 0.3) is 0 Å². The minimum atomic E-state index is 0.0691. The van der Waals surface area contributed by atoms with E-state index in [0.717, 1.165) is 35.4 Å². The third-order valence-corrected chi connectivity index (χ3v) is 4.61. The molecule has 0 radical (unpaired) electrons. The molecule has 0 spiro atoms. The van der Waals surface area contributed by atoms with Crippen LogP contribution in [0.15, 0.2) is 18.2 Å². The van der Waals surface area contributed by atoms with Gasteiger partial charge in [0.05, 0.1) is 17.5 Å². The monoisotopic (exact) mass is 288 g/mol. The maximum atomic E-state index is 12.3. The lowest BCUT2D eigenvalue weighted by atomic mass is 10.1. The maximum Gasteiger partial charge on any atom is 0.237 e. The van der Waals surface area contributed by atoms with Crippen molar-refractivity contribution in [3.8, 4) is 11.8 Å². The van der Waals surface area contributed by atoms with Crippen LogP contribution in [-0.2, 0) is 4.79 Å². The summed E-state index contributed by atoms with van der Waals surface area (Å²) in [5.41, 5.74) is 8.14. The first-order valence-electron chi connectivity index (χ1n) is 6.93. The van der Waals surface area contributed by atoms with Gasteiger partial charge >= 0.3 is 0 Å². The van der Waals surface area contributed by atoms with Crippen molar-refractivity contribution in [1.29, 1.82) is 0 Å². The number of nitrogens with two attached hydrogens (primary N) is 1. The van der Waals surface area contributed by atoms with Gasteiger partial charge in [-0.1, -0.05) is 24.3 Å². The van der Waals surface area contributed by atoms with Crippen LogP contribution in [-0.4, -0.2) is 23.5 Å². The smallest absolute Gasteiger partial charge is 0.237 e. The molecule has 1 amide bonds. The fourth-order valence-electron chi connectivity index (χ4n) is 2.18. The summed E-state index contributed by atoms with van der Waals surface area (Å²) >= 11 is 1.75. The highest BCUT2D eigenvalue weighted by Gasteiger charge is 2.22. The molecule has 0 bridgehead atoms. The quantitative estimate of drug-likeness (QED) is 0.822. The zero-order valence-corrected chi connectivity index (χ0v) is 12.6. The lowest BCUT2D eigenvalue weighted by molar-refractivity contribution is -0.115. The lowest BCUT2D eigenvalue weighted by Crippen LogP contribution is -2.27. The molecule has 0 saturated carbocycles. The third kappa shape index (κ3) is 4.03. The molecule has 1 heterocycles. The van der Waals surface area contributed by atoms with E-state index in [1.54, 1.807) is 11.8 Å². The van der Waals surface area contributed by atoms with Crippen molar-refractivity contribution < 1.29 is 4.79 Å². The number of rotatable bonds is 2. The molecule has 3 N–H and O–H groups in total. The Morgan fingerprint density at radius 3 is 3.05 bits per heavy atom. The number of thioether (sulfide) groups is 1. The predicted molar refractivity (Wildman–Crippen MR) is 85.8 cm³/mol. The summed E-state index contributed by atoms with van der Waals surface area (Å²) in [7, 11) is 0. The predicted octanol–water partition coefficient (Wildman–Crippen LogP) is 2.53. The van der Waals surface area contributed by atoms with Crippen LogP contribution in [0.4, 0.5) is 5.69 Å². The molecule has 1 aliphatic rings. The fraction of sp³-hybridized carbons (Fsp3) is 0.438. The molecule has 0 aliphatic carbocycles. The molecule has 106 valence electrons. The van der Waals surface area contributed by atoms with Crippen molar-refractivity contribution in [2.24, 2.45) is 5.73 Å². The molecule has 1 unspecified atom stereocenters. The number of hydrogen-bond donors (Lipinski definition) is 2. The second-order valence-corrected chi connectivity index (χ2v) is 6.21. The molecule has 20 heavy (non-hydrogen) atoms.